The van der Waals surface area contributed by atoms with Gasteiger partial charge in [-0.15, -0.1) is 0 Å². The van der Waals surface area contributed by atoms with Crippen molar-refractivity contribution in [3.63, 3.8) is 0 Å². The SMILES string of the molecule is CC(C)C[N+]1(Cc2cc(Cl)ccc2Cl)CC[C@H](CN)C1.O=C(O)C(O)C(O)C(=O)O. The number of carboxylic acid groups (broad SMARTS) is 2. The highest BCUT2D eigenvalue weighted by Gasteiger charge is 2.38. The Bertz CT molecular complexity index is 715. The Morgan fingerprint density at radius 2 is 1.73 bits per heavy atom. The number of benzene rings is 1. The van der Waals surface area contributed by atoms with Crippen molar-refractivity contribution in [2.75, 3.05) is 26.2 Å². The number of rotatable bonds is 8. The lowest BCUT2D eigenvalue weighted by Crippen LogP contribution is -2.48. The maximum Gasteiger partial charge on any atom is 0.335 e. The molecule has 4 atom stereocenters. The standard InChI is InChI=1S/C16H25Cl2N2.C4H6O6/c1-12(2)9-20(6-5-13(8-19)10-20)11-14-7-15(17)3-4-16(14)18;5-1(3(7)8)2(6)4(9)10/h3-4,7,12-13H,5-6,8-11,19H2,1-2H3;1-2,5-6H,(H,7,8)(H,9,10)/q+1;/t13-,20?;/m1./s1. The van der Waals surface area contributed by atoms with Gasteiger partial charge in [0.15, 0.2) is 12.2 Å². The van der Waals surface area contributed by atoms with E-state index in [1.807, 2.05) is 18.2 Å². The molecule has 0 amide bonds. The first-order chi connectivity index (χ1) is 13.9. The van der Waals surface area contributed by atoms with Crippen LogP contribution in [0.2, 0.25) is 10.0 Å². The van der Waals surface area contributed by atoms with Crippen molar-refractivity contribution in [2.45, 2.75) is 39.0 Å². The van der Waals surface area contributed by atoms with E-state index in [-0.39, 0.29) is 0 Å². The summed E-state index contributed by atoms with van der Waals surface area (Å²) in [7, 11) is 0. The number of hydrogen-bond donors (Lipinski definition) is 5. The normalized spacial score (nSPS) is 22.9. The fourth-order valence-electron chi connectivity index (χ4n) is 3.82. The first-order valence-corrected chi connectivity index (χ1v) is 10.5. The Hall–Kier alpha value is -1.42. The fourth-order valence-corrected chi connectivity index (χ4v) is 4.20. The van der Waals surface area contributed by atoms with Crippen molar-refractivity contribution >= 4 is 35.1 Å². The number of hydrogen-bond acceptors (Lipinski definition) is 5. The van der Waals surface area contributed by atoms with Gasteiger partial charge in [0.1, 0.15) is 6.54 Å². The lowest BCUT2D eigenvalue weighted by molar-refractivity contribution is -0.933. The second-order valence-corrected chi connectivity index (χ2v) is 9.02. The third-order valence-corrected chi connectivity index (χ3v) is 5.67. The summed E-state index contributed by atoms with van der Waals surface area (Å²) in [4.78, 5) is 19.5. The third-order valence-electron chi connectivity index (χ3n) is 5.06. The highest BCUT2D eigenvalue weighted by molar-refractivity contribution is 6.33. The molecule has 1 aliphatic heterocycles. The summed E-state index contributed by atoms with van der Waals surface area (Å²) in [5.41, 5.74) is 7.04. The van der Waals surface area contributed by atoms with E-state index in [0.717, 1.165) is 39.7 Å². The molecule has 0 aromatic heterocycles. The molecule has 2 rings (SSSR count). The van der Waals surface area contributed by atoms with E-state index in [1.54, 1.807) is 0 Å². The van der Waals surface area contributed by atoms with Gasteiger partial charge in [-0.1, -0.05) is 37.0 Å². The molecular formula is C20H31Cl2N2O6+. The van der Waals surface area contributed by atoms with Crippen LogP contribution in [0.3, 0.4) is 0 Å². The van der Waals surface area contributed by atoms with Gasteiger partial charge in [-0.2, -0.15) is 0 Å². The lowest BCUT2D eigenvalue weighted by atomic mass is 10.1. The zero-order chi connectivity index (χ0) is 23.1. The Morgan fingerprint density at radius 3 is 2.17 bits per heavy atom. The van der Waals surface area contributed by atoms with Crippen molar-refractivity contribution in [3.05, 3.63) is 33.8 Å². The number of carbonyl (C=O) groups is 2. The predicted molar refractivity (Wildman–Crippen MR) is 114 cm³/mol. The van der Waals surface area contributed by atoms with E-state index in [1.165, 1.54) is 19.5 Å². The smallest absolute Gasteiger partial charge is 0.335 e. The fraction of sp³-hybridized carbons (Fsp3) is 0.600. The van der Waals surface area contributed by atoms with Crippen molar-refractivity contribution < 1.29 is 34.5 Å². The topological polar surface area (TPSA) is 141 Å². The summed E-state index contributed by atoms with van der Waals surface area (Å²) >= 11 is 12.5. The minimum atomic E-state index is -2.27. The summed E-state index contributed by atoms with van der Waals surface area (Å²) in [5, 5.41) is 34.1. The van der Waals surface area contributed by atoms with E-state index in [0.29, 0.717) is 11.8 Å². The number of likely N-dealkylation sites (tertiary alicyclic amines) is 1. The zero-order valence-electron chi connectivity index (χ0n) is 17.2. The molecule has 0 aliphatic carbocycles. The highest BCUT2D eigenvalue weighted by Crippen LogP contribution is 2.31. The van der Waals surface area contributed by atoms with Crippen LogP contribution in [0.5, 0.6) is 0 Å². The molecule has 0 saturated carbocycles. The van der Waals surface area contributed by atoms with Crippen LogP contribution in [0.4, 0.5) is 0 Å². The van der Waals surface area contributed by atoms with Crippen molar-refractivity contribution in [3.8, 4) is 0 Å². The van der Waals surface area contributed by atoms with Gasteiger partial charge in [0.25, 0.3) is 0 Å². The minimum Gasteiger partial charge on any atom is -0.479 e. The number of nitrogens with two attached hydrogens (primary N) is 1. The van der Waals surface area contributed by atoms with Crippen LogP contribution in [0, 0.1) is 11.8 Å². The maximum atomic E-state index is 9.77. The third kappa shape index (κ3) is 8.02. The molecular weight excluding hydrogens is 435 g/mol. The molecule has 1 heterocycles. The number of nitrogens with zero attached hydrogens (tertiary/aromatic N) is 1. The number of aliphatic hydroxyl groups is 2. The first kappa shape index (κ1) is 26.6. The van der Waals surface area contributed by atoms with Crippen LogP contribution < -0.4 is 5.73 Å². The van der Waals surface area contributed by atoms with Crippen LogP contribution in [0.25, 0.3) is 0 Å². The van der Waals surface area contributed by atoms with E-state index >= 15 is 0 Å². The van der Waals surface area contributed by atoms with Gasteiger partial charge in [-0.25, -0.2) is 9.59 Å². The Labute approximate surface area is 186 Å². The highest BCUT2D eigenvalue weighted by atomic mass is 35.5. The molecule has 0 radical (unpaired) electrons. The molecule has 10 heteroatoms. The monoisotopic (exact) mass is 465 g/mol. The van der Waals surface area contributed by atoms with Gasteiger partial charge in [-0.3, -0.25) is 0 Å². The number of aliphatic hydroxyl groups excluding tert-OH is 2. The Balaban J connectivity index is 0.000000382. The number of aliphatic carboxylic acids is 2. The van der Waals surface area contributed by atoms with E-state index < -0.39 is 24.1 Å². The number of quaternary nitrogens is 1. The molecule has 0 spiro atoms. The van der Waals surface area contributed by atoms with E-state index in [4.69, 9.17) is 49.4 Å². The number of carboxylic acids is 2. The molecule has 8 nitrogen and oxygen atoms in total. The molecule has 1 fully saturated rings. The van der Waals surface area contributed by atoms with E-state index in [2.05, 4.69) is 13.8 Å². The Kier molecular flexibility index (Phi) is 10.5. The summed E-state index contributed by atoms with van der Waals surface area (Å²) in [6.45, 7) is 9.87. The minimum absolute atomic E-state index is 0.645. The Morgan fingerprint density at radius 1 is 1.17 bits per heavy atom. The molecule has 170 valence electrons. The molecule has 1 aromatic carbocycles. The average molecular weight is 466 g/mol. The summed E-state index contributed by atoms with van der Waals surface area (Å²) < 4.78 is 1.10. The quantitative estimate of drug-likeness (QED) is 0.368. The predicted octanol–water partition coefficient (Wildman–Crippen LogP) is 1.82. The number of halogens is 2. The van der Waals surface area contributed by atoms with Crippen LogP contribution >= 0.6 is 23.2 Å². The zero-order valence-corrected chi connectivity index (χ0v) is 18.7. The summed E-state index contributed by atoms with van der Waals surface area (Å²) in [5.74, 6) is -2.22. The van der Waals surface area contributed by atoms with Crippen molar-refractivity contribution in [1.29, 1.82) is 0 Å². The molecule has 30 heavy (non-hydrogen) atoms. The van der Waals surface area contributed by atoms with Crippen LogP contribution in [0.1, 0.15) is 25.8 Å². The molecule has 3 unspecified atom stereocenters. The van der Waals surface area contributed by atoms with Gasteiger partial charge in [0.05, 0.1) is 19.6 Å². The summed E-state index contributed by atoms with van der Waals surface area (Å²) in [6, 6.07) is 5.77. The van der Waals surface area contributed by atoms with Gasteiger partial charge < -0.3 is 30.6 Å². The molecule has 1 saturated heterocycles. The van der Waals surface area contributed by atoms with Crippen LogP contribution in [-0.4, -0.2) is 75.2 Å². The van der Waals surface area contributed by atoms with Crippen molar-refractivity contribution in [2.24, 2.45) is 17.6 Å². The van der Waals surface area contributed by atoms with Crippen LogP contribution in [-0.2, 0) is 16.1 Å². The van der Waals surface area contributed by atoms with Gasteiger partial charge >= 0.3 is 11.9 Å². The average Bonchev–Trinajstić information content (AvgIpc) is 3.05. The summed E-state index contributed by atoms with van der Waals surface area (Å²) in [6.07, 6.45) is -3.31. The maximum absolute atomic E-state index is 9.77. The second kappa shape index (κ2) is 11.8. The van der Waals surface area contributed by atoms with Crippen LogP contribution in [0.15, 0.2) is 18.2 Å². The largest absolute Gasteiger partial charge is 0.479 e. The van der Waals surface area contributed by atoms with Crippen molar-refractivity contribution in [1.82, 2.24) is 0 Å². The lowest BCUT2D eigenvalue weighted by Gasteiger charge is -2.36. The van der Waals surface area contributed by atoms with Gasteiger partial charge in [0, 0.05) is 40.4 Å². The van der Waals surface area contributed by atoms with Gasteiger partial charge in [0.2, 0.25) is 0 Å². The molecule has 6 N–H and O–H groups in total. The van der Waals surface area contributed by atoms with E-state index in [9.17, 15) is 9.59 Å². The molecule has 1 aromatic rings. The second-order valence-electron chi connectivity index (χ2n) is 8.17. The molecule has 0 bridgehead atoms. The molecule has 1 aliphatic rings. The van der Waals surface area contributed by atoms with Gasteiger partial charge in [-0.05, 0) is 18.2 Å². The first-order valence-electron chi connectivity index (χ1n) is 9.71.